The van der Waals surface area contributed by atoms with Crippen molar-refractivity contribution in [3.05, 3.63) is 50.8 Å². The van der Waals surface area contributed by atoms with Gasteiger partial charge in [-0.3, -0.25) is 29.6 Å². The van der Waals surface area contributed by atoms with Crippen molar-refractivity contribution in [2.75, 3.05) is 6.54 Å². The highest BCUT2D eigenvalue weighted by molar-refractivity contribution is 7.80. The first-order valence-electron chi connectivity index (χ1n) is 5.76. The molecule has 21 heavy (non-hydrogen) atoms. The molecule has 2 rings (SSSR count). The Labute approximate surface area is 123 Å². The molecule has 1 aromatic rings. The normalized spacial score (nSPS) is 17.0. The van der Waals surface area contributed by atoms with Crippen LogP contribution >= 0.6 is 12.2 Å². The Hall–Kier alpha value is -2.81. The zero-order valence-electron chi connectivity index (χ0n) is 10.6. The molecule has 0 radical (unpaired) electrons. The van der Waals surface area contributed by atoms with Gasteiger partial charge in [0.15, 0.2) is 5.11 Å². The summed E-state index contributed by atoms with van der Waals surface area (Å²) in [7, 11) is 0. The fraction of sp³-hybridized carbons (Fsp3) is 0.0833. The molecular formula is C12H10N4O4S. The number of thiocarbonyl (C=S) groups is 1. The van der Waals surface area contributed by atoms with E-state index >= 15 is 0 Å². The summed E-state index contributed by atoms with van der Waals surface area (Å²) in [5, 5.41) is 2.32. The average molecular weight is 306 g/mol. The highest BCUT2D eigenvalue weighted by Gasteiger charge is 2.32. The lowest BCUT2D eigenvalue weighted by Crippen LogP contribution is -2.53. The van der Waals surface area contributed by atoms with Crippen molar-refractivity contribution in [3.63, 3.8) is 0 Å². The van der Waals surface area contributed by atoms with Crippen LogP contribution in [0.4, 0.5) is 0 Å². The summed E-state index contributed by atoms with van der Waals surface area (Å²) in [5.41, 5.74) is -1.59. The number of aromatic amines is 2. The number of hydrogen-bond acceptors (Lipinski definition) is 5. The van der Waals surface area contributed by atoms with E-state index < -0.39 is 23.1 Å². The predicted octanol–water partition coefficient (Wildman–Crippen LogP) is -1.12. The molecule has 2 amide bonds. The average Bonchev–Trinajstić information content (AvgIpc) is 2.38. The molecule has 1 aliphatic rings. The Morgan fingerprint density at radius 3 is 2.57 bits per heavy atom. The lowest BCUT2D eigenvalue weighted by Gasteiger charge is -2.27. The molecule has 1 fully saturated rings. The third-order valence-corrected chi connectivity index (χ3v) is 2.90. The van der Waals surface area contributed by atoms with Crippen molar-refractivity contribution in [1.82, 2.24) is 20.2 Å². The number of nitrogens with one attached hydrogen (secondary N) is 3. The molecule has 8 nitrogen and oxygen atoms in total. The summed E-state index contributed by atoms with van der Waals surface area (Å²) < 4.78 is 0. The van der Waals surface area contributed by atoms with Crippen molar-refractivity contribution in [3.8, 4) is 0 Å². The first-order chi connectivity index (χ1) is 9.92. The van der Waals surface area contributed by atoms with Crippen LogP contribution in [0, 0.1) is 0 Å². The Balaban J connectivity index is 2.47. The molecular weight excluding hydrogens is 296 g/mol. The van der Waals surface area contributed by atoms with E-state index in [0.29, 0.717) is 0 Å². The van der Waals surface area contributed by atoms with Crippen LogP contribution in [0.3, 0.4) is 0 Å². The van der Waals surface area contributed by atoms with Crippen molar-refractivity contribution < 1.29 is 9.59 Å². The standard InChI is InChI=1S/C12H10N4O4S/c1-2-3-16-10(19)7(9(18)15-12(16)21)4-6-5-8(17)14-11(20)13-6/h2,4-5H,1,3H2,(H,15,18,21)(H2,13,14,17,20). The first kappa shape index (κ1) is 14.6. The molecule has 1 aromatic heterocycles. The van der Waals surface area contributed by atoms with Gasteiger partial charge in [0.25, 0.3) is 17.4 Å². The van der Waals surface area contributed by atoms with Crippen LogP contribution in [-0.2, 0) is 9.59 Å². The minimum absolute atomic E-state index is 0.0264. The number of carbonyl (C=O) groups excluding carboxylic acids is 2. The van der Waals surface area contributed by atoms with E-state index in [1.807, 2.05) is 4.98 Å². The molecule has 0 spiro atoms. The van der Waals surface area contributed by atoms with Gasteiger partial charge < -0.3 is 4.98 Å². The van der Waals surface area contributed by atoms with E-state index in [1.165, 1.54) is 6.08 Å². The Morgan fingerprint density at radius 2 is 1.95 bits per heavy atom. The fourth-order valence-corrected chi connectivity index (χ4v) is 1.96. The monoisotopic (exact) mass is 306 g/mol. The van der Waals surface area contributed by atoms with Gasteiger partial charge in [0.05, 0.1) is 0 Å². The molecule has 0 aliphatic carbocycles. The number of aromatic nitrogens is 2. The van der Waals surface area contributed by atoms with E-state index in [0.717, 1.165) is 17.0 Å². The van der Waals surface area contributed by atoms with Crippen molar-refractivity contribution in [2.24, 2.45) is 0 Å². The van der Waals surface area contributed by atoms with Crippen LogP contribution in [0.2, 0.25) is 0 Å². The number of hydrogen-bond donors (Lipinski definition) is 3. The maximum absolute atomic E-state index is 12.2. The van der Waals surface area contributed by atoms with Gasteiger partial charge in [-0.1, -0.05) is 6.08 Å². The number of amides is 2. The van der Waals surface area contributed by atoms with E-state index in [-0.39, 0.29) is 22.9 Å². The number of carbonyl (C=O) groups is 2. The highest BCUT2D eigenvalue weighted by atomic mass is 32.1. The van der Waals surface area contributed by atoms with Gasteiger partial charge in [-0.2, -0.15) is 0 Å². The summed E-state index contributed by atoms with van der Waals surface area (Å²) in [5.74, 6) is -1.34. The second-order valence-corrected chi connectivity index (χ2v) is 4.45. The van der Waals surface area contributed by atoms with Gasteiger partial charge in [-0.25, -0.2) is 4.79 Å². The highest BCUT2D eigenvalue weighted by Crippen LogP contribution is 2.12. The molecule has 0 atom stereocenters. The van der Waals surface area contributed by atoms with E-state index in [9.17, 15) is 19.2 Å². The predicted molar refractivity (Wildman–Crippen MR) is 78.3 cm³/mol. The molecule has 1 saturated heterocycles. The van der Waals surface area contributed by atoms with Crippen molar-refractivity contribution in [1.29, 1.82) is 0 Å². The van der Waals surface area contributed by atoms with Crippen LogP contribution in [0.1, 0.15) is 5.69 Å². The van der Waals surface area contributed by atoms with E-state index in [1.54, 1.807) is 0 Å². The van der Waals surface area contributed by atoms with Crippen LogP contribution in [0.5, 0.6) is 0 Å². The molecule has 1 aliphatic heterocycles. The van der Waals surface area contributed by atoms with E-state index in [2.05, 4.69) is 16.9 Å². The zero-order chi connectivity index (χ0) is 15.6. The molecule has 9 heteroatoms. The minimum Gasteiger partial charge on any atom is -0.307 e. The van der Waals surface area contributed by atoms with Crippen LogP contribution in [0.25, 0.3) is 6.08 Å². The number of nitrogens with zero attached hydrogens (tertiary/aromatic N) is 1. The quantitative estimate of drug-likeness (QED) is 0.283. The molecule has 0 aromatic carbocycles. The summed E-state index contributed by atoms with van der Waals surface area (Å²) in [4.78, 5) is 51.8. The van der Waals surface area contributed by atoms with Gasteiger partial charge in [0, 0.05) is 18.3 Å². The third-order valence-electron chi connectivity index (χ3n) is 2.58. The van der Waals surface area contributed by atoms with Crippen molar-refractivity contribution >= 4 is 35.2 Å². The molecule has 0 bridgehead atoms. The summed E-state index contributed by atoms with van der Waals surface area (Å²) in [6, 6.07) is 1.06. The second-order valence-electron chi connectivity index (χ2n) is 4.06. The topological polar surface area (TPSA) is 115 Å². The molecule has 2 heterocycles. The molecule has 3 N–H and O–H groups in total. The van der Waals surface area contributed by atoms with Gasteiger partial charge in [-0.05, 0) is 18.3 Å². The van der Waals surface area contributed by atoms with E-state index in [4.69, 9.17) is 12.2 Å². The summed E-state index contributed by atoms with van der Waals surface area (Å²) in [6.45, 7) is 3.62. The Kier molecular flexibility index (Phi) is 3.94. The van der Waals surface area contributed by atoms with Crippen LogP contribution in [-0.4, -0.2) is 38.3 Å². The smallest absolute Gasteiger partial charge is 0.307 e. The van der Waals surface area contributed by atoms with Crippen LogP contribution < -0.4 is 16.6 Å². The lowest BCUT2D eigenvalue weighted by atomic mass is 10.1. The molecule has 0 saturated carbocycles. The Bertz CT molecular complexity index is 761. The lowest BCUT2D eigenvalue weighted by molar-refractivity contribution is -0.128. The Morgan fingerprint density at radius 1 is 1.24 bits per heavy atom. The van der Waals surface area contributed by atoms with Gasteiger partial charge >= 0.3 is 5.69 Å². The first-order valence-corrected chi connectivity index (χ1v) is 6.16. The second kappa shape index (κ2) is 5.67. The van der Waals surface area contributed by atoms with Gasteiger partial charge in [0.2, 0.25) is 0 Å². The molecule has 108 valence electrons. The van der Waals surface area contributed by atoms with Gasteiger partial charge in [0.1, 0.15) is 5.57 Å². The number of H-pyrrole nitrogens is 2. The summed E-state index contributed by atoms with van der Waals surface area (Å²) >= 11 is 4.89. The maximum atomic E-state index is 12.2. The fourth-order valence-electron chi connectivity index (χ4n) is 1.71. The minimum atomic E-state index is -0.739. The van der Waals surface area contributed by atoms with Crippen LogP contribution in [0.15, 0.2) is 33.9 Å². The number of rotatable bonds is 3. The maximum Gasteiger partial charge on any atom is 0.326 e. The zero-order valence-corrected chi connectivity index (χ0v) is 11.5. The molecule has 0 unspecified atom stereocenters. The third kappa shape index (κ3) is 3.03. The van der Waals surface area contributed by atoms with Crippen molar-refractivity contribution in [2.45, 2.75) is 0 Å². The van der Waals surface area contributed by atoms with Gasteiger partial charge in [-0.15, -0.1) is 6.58 Å². The largest absolute Gasteiger partial charge is 0.326 e. The SMILES string of the molecule is C=CCN1C(=O)C(=Cc2cc(=O)[nH]c(=O)[nH]2)C(=O)NC1=S. The summed E-state index contributed by atoms with van der Waals surface area (Å²) in [6.07, 6.45) is 2.57.